The zero-order chi connectivity index (χ0) is 12.5. The Labute approximate surface area is 111 Å². The molecule has 0 radical (unpaired) electrons. The SMILES string of the molecule is CCC(C)c1cc(-c2csc3ccccc23)n[nH]1. The molecule has 2 nitrogen and oxygen atoms in total. The van der Waals surface area contributed by atoms with Gasteiger partial charge in [0.2, 0.25) is 0 Å². The first-order chi connectivity index (χ1) is 8.79. The van der Waals surface area contributed by atoms with Gasteiger partial charge >= 0.3 is 0 Å². The van der Waals surface area contributed by atoms with E-state index in [-0.39, 0.29) is 0 Å². The highest BCUT2D eigenvalue weighted by Gasteiger charge is 2.11. The average Bonchev–Trinajstić information content (AvgIpc) is 3.03. The predicted molar refractivity (Wildman–Crippen MR) is 78.1 cm³/mol. The number of rotatable bonds is 3. The maximum absolute atomic E-state index is 4.46. The summed E-state index contributed by atoms with van der Waals surface area (Å²) < 4.78 is 1.32. The molecule has 0 aliphatic carbocycles. The molecule has 3 heteroatoms. The number of thiophene rings is 1. The fourth-order valence-electron chi connectivity index (χ4n) is 2.12. The van der Waals surface area contributed by atoms with Crippen LogP contribution in [0, 0.1) is 0 Å². The first kappa shape index (κ1) is 11.5. The van der Waals surface area contributed by atoms with E-state index < -0.39 is 0 Å². The minimum absolute atomic E-state index is 0.538. The van der Waals surface area contributed by atoms with Gasteiger partial charge in [0.1, 0.15) is 0 Å². The van der Waals surface area contributed by atoms with Crippen molar-refractivity contribution in [3.05, 3.63) is 41.4 Å². The molecule has 0 aliphatic heterocycles. The molecule has 1 atom stereocenters. The maximum Gasteiger partial charge on any atom is 0.0938 e. The Morgan fingerprint density at radius 2 is 2.17 bits per heavy atom. The number of H-pyrrole nitrogens is 1. The van der Waals surface area contributed by atoms with E-state index in [1.165, 1.54) is 21.3 Å². The Morgan fingerprint density at radius 1 is 1.33 bits per heavy atom. The van der Waals surface area contributed by atoms with Crippen molar-refractivity contribution in [3.63, 3.8) is 0 Å². The first-order valence-corrected chi connectivity index (χ1v) is 7.19. The van der Waals surface area contributed by atoms with Crippen molar-refractivity contribution in [2.45, 2.75) is 26.2 Å². The highest BCUT2D eigenvalue weighted by atomic mass is 32.1. The van der Waals surface area contributed by atoms with Crippen LogP contribution in [0.4, 0.5) is 0 Å². The van der Waals surface area contributed by atoms with E-state index in [1.54, 1.807) is 11.3 Å². The van der Waals surface area contributed by atoms with Crippen molar-refractivity contribution in [3.8, 4) is 11.3 Å². The molecule has 1 unspecified atom stereocenters. The Kier molecular flexibility index (Phi) is 2.92. The minimum atomic E-state index is 0.538. The van der Waals surface area contributed by atoms with E-state index in [2.05, 4.69) is 59.8 Å². The lowest BCUT2D eigenvalue weighted by Crippen LogP contribution is -1.90. The predicted octanol–water partition coefficient (Wildman–Crippen LogP) is 4.80. The molecular formula is C15H16N2S. The molecule has 92 valence electrons. The Hall–Kier alpha value is -1.61. The third kappa shape index (κ3) is 1.85. The van der Waals surface area contributed by atoms with Gasteiger partial charge in [-0.25, -0.2) is 0 Å². The summed E-state index contributed by atoms with van der Waals surface area (Å²) in [4.78, 5) is 0. The summed E-state index contributed by atoms with van der Waals surface area (Å²) >= 11 is 1.78. The van der Waals surface area contributed by atoms with Crippen LogP contribution in [-0.2, 0) is 0 Å². The highest BCUT2D eigenvalue weighted by Crippen LogP contribution is 2.33. The summed E-state index contributed by atoms with van der Waals surface area (Å²) in [6.45, 7) is 4.42. The van der Waals surface area contributed by atoms with Gasteiger partial charge in [-0.1, -0.05) is 32.0 Å². The fourth-order valence-corrected chi connectivity index (χ4v) is 3.08. The standard InChI is InChI=1S/C15H16N2S/c1-3-10(2)13-8-14(17-16-13)12-9-18-15-7-5-4-6-11(12)15/h4-10H,3H2,1-2H3,(H,16,17). The van der Waals surface area contributed by atoms with Gasteiger partial charge < -0.3 is 0 Å². The number of aromatic amines is 1. The summed E-state index contributed by atoms with van der Waals surface area (Å²) in [6, 6.07) is 10.7. The molecule has 0 amide bonds. The number of nitrogens with zero attached hydrogens (tertiary/aromatic N) is 1. The maximum atomic E-state index is 4.46. The van der Waals surface area contributed by atoms with Crippen molar-refractivity contribution in [1.29, 1.82) is 0 Å². The van der Waals surface area contributed by atoms with Gasteiger partial charge in [0.05, 0.1) is 5.69 Å². The molecule has 3 aromatic rings. The molecule has 0 bridgehead atoms. The molecule has 0 fully saturated rings. The van der Waals surface area contributed by atoms with Crippen molar-refractivity contribution in [2.24, 2.45) is 0 Å². The normalized spacial score (nSPS) is 13.0. The highest BCUT2D eigenvalue weighted by molar-refractivity contribution is 7.17. The Bertz CT molecular complexity index is 666. The molecule has 0 aliphatic rings. The summed E-state index contributed by atoms with van der Waals surface area (Å²) in [6.07, 6.45) is 1.13. The number of nitrogens with one attached hydrogen (secondary N) is 1. The topological polar surface area (TPSA) is 28.7 Å². The van der Waals surface area contributed by atoms with Gasteiger partial charge in [-0.2, -0.15) is 5.10 Å². The third-order valence-corrected chi connectivity index (χ3v) is 4.46. The van der Waals surface area contributed by atoms with Gasteiger partial charge in [-0.3, -0.25) is 5.10 Å². The number of hydrogen-bond acceptors (Lipinski definition) is 2. The number of hydrogen-bond donors (Lipinski definition) is 1. The quantitative estimate of drug-likeness (QED) is 0.716. The zero-order valence-corrected chi connectivity index (χ0v) is 11.4. The summed E-state index contributed by atoms with van der Waals surface area (Å²) in [5, 5.41) is 11.1. The van der Waals surface area contributed by atoms with E-state index in [4.69, 9.17) is 0 Å². The largest absolute Gasteiger partial charge is 0.282 e. The van der Waals surface area contributed by atoms with Crippen LogP contribution in [-0.4, -0.2) is 10.2 Å². The lowest BCUT2D eigenvalue weighted by atomic mass is 10.0. The second kappa shape index (κ2) is 4.58. The minimum Gasteiger partial charge on any atom is -0.282 e. The van der Waals surface area contributed by atoms with E-state index in [1.807, 2.05) is 0 Å². The van der Waals surface area contributed by atoms with E-state index in [0.29, 0.717) is 5.92 Å². The average molecular weight is 256 g/mol. The van der Waals surface area contributed by atoms with Crippen LogP contribution in [0.15, 0.2) is 35.7 Å². The Morgan fingerprint density at radius 3 is 3.00 bits per heavy atom. The molecule has 2 heterocycles. The lowest BCUT2D eigenvalue weighted by molar-refractivity contribution is 0.703. The Balaban J connectivity index is 2.07. The van der Waals surface area contributed by atoms with E-state index in [9.17, 15) is 0 Å². The van der Waals surface area contributed by atoms with Crippen LogP contribution in [0.1, 0.15) is 31.9 Å². The van der Waals surface area contributed by atoms with Crippen molar-refractivity contribution in [2.75, 3.05) is 0 Å². The van der Waals surface area contributed by atoms with Crippen LogP contribution in [0.2, 0.25) is 0 Å². The number of fused-ring (bicyclic) bond motifs is 1. The van der Waals surface area contributed by atoms with Gasteiger partial charge in [-0.15, -0.1) is 11.3 Å². The molecule has 18 heavy (non-hydrogen) atoms. The van der Waals surface area contributed by atoms with Gasteiger partial charge in [-0.05, 0) is 24.5 Å². The monoisotopic (exact) mass is 256 g/mol. The van der Waals surface area contributed by atoms with Crippen LogP contribution in [0.25, 0.3) is 21.3 Å². The molecule has 1 aromatic carbocycles. The summed E-state index contributed by atoms with van der Waals surface area (Å²) in [5.74, 6) is 0.538. The number of benzene rings is 1. The number of aromatic nitrogens is 2. The third-order valence-electron chi connectivity index (χ3n) is 3.50. The summed E-state index contributed by atoms with van der Waals surface area (Å²) in [5.41, 5.74) is 3.52. The van der Waals surface area contributed by atoms with Crippen molar-refractivity contribution < 1.29 is 0 Å². The summed E-state index contributed by atoms with van der Waals surface area (Å²) in [7, 11) is 0. The van der Waals surface area contributed by atoms with Crippen molar-refractivity contribution >= 4 is 21.4 Å². The zero-order valence-electron chi connectivity index (χ0n) is 10.6. The molecule has 2 aromatic heterocycles. The van der Waals surface area contributed by atoms with Crippen LogP contribution in [0.5, 0.6) is 0 Å². The molecule has 3 rings (SSSR count). The lowest BCUT2D eigenvalue weighted by Gasteiger charge is -2.02. The van der Waals surface area contributed by atoms with Gasteiger partial charge in [0.25, 0.3) is 0 Å². The molecular weight excluding hydrogens is 240 g/mol. The second-order valence-corrected chi connectivity index (χ2v) is 5.57. The van der Waals surface area contributed by atoms with Crippen LogP contribution >= 0.6 is 11.3 Å². The van der Waals surface area contributed by atoms with Gasteiger partial charge in [0.15, 0.2) is 0 Å². The molecule has 0 saturated carbocycles. The molecule has 0 spiro atoms. The van der Waals surface area contributed by atoms with Crippen LogP contribution in [0.3, 0.4) is 0 Å². The van der Waals surface area contributed by atoms with E-state index in [0.717, 1.165) is 12.1 Å². The van der Waals surface area contributed by atoms with Crippen LogP contribution < -0.4 is 0 Å². The second-order valence-electron chi connectivity index (χ2n) is 4.66. The van der Waals surface area contributed by atoms with Crippen molar-refractivity contribution in [1.82, 2.24) is 10.2 Å². The fraction of sp³-hybridized carbons (Fsp3) is 0.267. The smallest absolute Gasteiger partial charge is 0.0938 e. The molecule has 0 saturated heterocycles. The molecule has 1 N–H and O–H groups in total. The van der Waals surface area contributed by atoms with E-state index >= 15 is 0 Å². The first-order valence-electron chi connectivity index (χ1n) is 6.31. The van der Waals surface area contributed by atoms with Gasteiger partial charge in [0, 0.05) is 26.7 Å².